The van der Waals surface area contributed by atoms with E-state index in [-0.39, 0.29) is 5.92 Å². The Labute approximate surface area is 148 Å². The molecule has 0 fully saturated rings. The molecule has 0 aliphatic rings. The minimum atomic E-state index is 0.193. The van der Waals surface area contributed by atoms with Crippen molar-refractivity contribution in [3.8, 4) is 5.75 Å². The standard InChI is InChI=1S/C23H21NO/c1-24-16-21(20-10-6-7-11-22(20)24)23(17-8-4-3-5-9-17)18-12-14-19(25-2)15-13-18/h3-16,23H,1-2H3. The van der Waals surface area contributed by atoms with Crippen LogP contribution in [0.1, 0.15) is 22.6 Å². The van der Waals surface area contributed by atoms with Crippen LogP contribution in [0.25, 0.3) is 10.9 Å². The van der Waals surface area contributed by atoms with Crippen molar-refractivity contribution in [1.82, 2.24) is 4.57 Å². The number of methoxy groups -OCH3 is 1. The summed E-state index contributed by atoms with van der Waals surface area (Å²) in [6.07, 6.45) is 2.26. The third kappa shape index (κ3) is 2.80. The van der Waals surface area contributed by atoms with E-state index in [9.17, 15) is 0 Å². The van der Waals surface area contributed by atoms with Crippen molar-refractivity contribution >= 4 is 10.9 Å². The molecule has 0 aliphatic heterocycles. The SMILES string of the molecule is COc1ccc(C(c2ccccc2)c2cn(C)c3ccccc23)cc1. The average Bonchev–Trinajstić information content (AvgIpc) is 3.00. The molecule has 4 rings (SSSR count). The fourth-order valence-corrected chi connectivity index (χ4v) is 3.60. The lowest BCUT2D eigenvalue weighted by Crippen LogP contribution is -2.03. The van der Waals surface area contributed by atoms with Gasteiger partial charge < -0.3 is 9.30 Å². The molecule has 2 nitrogen and oxygen atoms in total. The van der Waals surface area contributed by atoms with Gasteiger partial charge in [0.25, 0.3) is 0 Å². The van der Waals surface area contributed by atoms with Crippen LogP contribution in [-0.4, -0.2) is 11.7 Å². The Morgan fingerprint density at radius 2 is 1.40 bits per heavy atom. The van der Waals surface area contributed by atoms with Crippen molar-refractivity contribution in [2.24, 2.45) is 7.05 Å². The molecule has 1 heterocycles. The van der Waals surface area contributed by atoms with Crippen LogP contribution in [0.5, 0.6) is 5.75 Å². The van der Waals surface area contributed by atoms with Crippen LogP contribution >= 0.6 is 0 Å². The number of ether oxygens (including phenoxy) is 1. The van der Waals surface area contributed by atoms with Gasteiger partial charge in [-0.1, -0.05) is 60.7 Å². The summed E-state index contributed by atoms with van der Waals surface area (Å²) in [7, 11) is 3.82. The fourth-order valence-electron chi connectivity index (χ4n) is 3.60. The quantitative estimate of drug-likeness (QED) is 0.492. The first-order chi connectivity index (χ1) is 12.3. The Hall–Kier alpha value is -3.00. The molecule has 4 aromatic rings. The summed E-state index contributed by atoms with van der Waals surface area (Å²) < 4.78 is 7.54. The third-order valence-electron chi connectivity index (χ3n) is 4.82. The molecule has 1 aromatic heterocycles. The molecule has 0 amide bonds. The molecule has 2 heteroatoms. The minimum Gasteiger partial charge on any atom is -0.497 e. The fraction of sp³-hybridized carbons (Fsp3) is 0.130. The smallest absolute Gasteiger partial charge is 0.118 e. The highest BCUT2D eigenvalue weighted by atomic mass is 16.5. The van der Waals surface area contributed by atoms with E-state index in [1.54, 1.807) is 7.11 Å². The number of aryl methyl sites for hydroxylation is 1. The number of rotatable bonds is 4. The lowest BCUT2D eigenvalue weighted by Gasteiger charge is -2.18. The van der Waals surface area contributed by atoms with E-state index in [0.29, 0.717) is 0 Å². The first-order valence-electron chi connectivity index (χ1n) is 8.51. The summed E-state index contributed by atoms with van der Waals surface area (Å²) in [4.78, 5) is 0. The highest BCUT2D eigenvalue weighted by Gasteiger charge is 2.21. The van der Waals surface area contributed by atoms with Crippen molar-refractivity contribution in [2.45, 2.75) is 5.92 Å². The molecular formula is C23H21NO. The van der Waals surface area contributed by atoms with Gasteiger partial charge in [-0.25, -0.2) is 0 Å². The van der Waals surface area contributed by atoms with Crippen molar-refractivity contribution in [1.29, 1.82) is 0 Å². The van der Waals surface area contributed by atoms with E-state index in [0.717, 1.165) is 5.75 Å². The zero-order valence-electron chi connectivity index (χ0n) is 14.5. The van der Waals surface area contributed by atoms with Gasteiger partial charge >= 0.3 is 0 Å². The van der Waals surface area contributed by atoms with E-state index in [1.165, 1.54) is 27.6 Å². The molecule has 3 aromatic carbocycles. The number of nitrogens with zero attached hydrogens (tertiary/aromatic N) is 1. The lowest BCUT2D eigenvalue weighted by molar-refractivity contribution is 0.414. The van der Waals surface area contributed by atoms with Gasteiger partial charge in [0.15, 0.2) is 0 Å². The van der Waals surface area contributed by atoms with Crippen molar-refractivity contribution in [3.05, 3.63) is 102 Å². The van der Waals surface area contributed by atoms with Crippen molar-refractivity contribution in [3.63, 3.8) is 0 Å². The molecule has 124 valence electrons. The van der Waals surface area contributed by atoms with E-state index < -0.39 is 0 Å². The summed E-state index contributed by atoms with van der Waals surface area (Å²) in [6.45, 7) is 0. The van der Waals surface area contributed by atoms with Crippen molar-refractivity contribution in [2.75, 3.05) is 7.11 Å². The van der Waals surface area contributed by atoms with Crippen LogP contribution in [0, 0.1) is 0 Å². The summed E-state index contributed by atoms with van der Waals surface area (Å²) in [6, 6.07) is 27.7. The highest BCUT2D eigenvalue weighted by Crippen LogP contribution is 2.37. The van der Waals surface area contributed by atoms with Gasteiger partial charge in [0.1, 0.15) is 5.75 Å². The molecule has 0 bridgehead atoms. The second-order valence-electron chi connectivity index (χ2n) is 6.33. The topological polar surface area (TPSA) is 14.2 Å². The highest BCUT2D eigenvalue weighted by molar-refractivity contribution is 5.85. The molecule has 1 atom stereocenters. The predicted octanol–water partition coefficient (Wildman–Crippen LogP) is 5.37. The summed E-state index contributed by atoms with van der Waals surface area (Å²) in [5.41, 5.74) is 5.15. The summed E-state index contributed by atoms with van der Waals surface area (Å²) >= 11 is 0. The molecule has 0 aliphatic carbocycles. The van der Waals surface area contributed by atoms with Crippen LogP contribution in [0.4, 0.5) is 0 Å². The second kappa shape index (κ2) is 6.48. The van der Waals surface area contributed by atoms with Crippen molar-refractivity contribution < 1.29 is 4.74 Å². The zero-order chi connectivity index (χ0) is 17.2. The maximum Gasteiger partial charge on any atom is 0.118 e. The van der Waals surface area contributed by atoms with E-state index in [2.05, 4.69) is 84.5 Å². The largest absolute Gasteiger partial charge is 0.497 e. The monoisotopic (exact) mass is 327 g/mol. The number of fused-ring (bicyclic) bond motifs is 1. The average molecular weight is 327 g/mol. The van der Waals surface area contributed by atoms with Crippen LogP contribution in [0.3, 0.4) is 0 Å². The molecule has 0 N–H and O–H groups in total. The van der Waals surface area contributed by atoms with Gasteiger partial charge in [-0.3, -0.25) is 0 Å². The van der Waals surface area contributed by atoms with Crippen LogP contribution < -0.4 is 4.74 Å². The van der Waals surface area contributed by atoms with Gasteiger partial charge in [-0.15, -0.1) is 0 Å². The van der Waals surface area contributed by atoms with Gasteiger partial charge in [-0.2, -0.15) is 0 Å². The molecule has 0 saturated carbocycles. The number of aromatic nitrogens is 1. The number of para-hydroxylation sites is 1. The number of hydrogen-bond donors (Lipinski definition) is 0. The van der Waals surface area contributed by atoms with E-state index in [4.69, 9.17) is 4.74 Å². The summed E-state index contributed by atoms with van der Waals surface area (Å²) in [5.74, 6) is 1.08. The van der Waals surface area contributed by atoms with E-state index in [1.807, 2.05) is 12.1 Å². The maximum absolute atomic E-state index is 5.33. The molecule has 1 unspecified atom stereocenters. The van der Waals surface area contributed by atoms with Gasteiger partial charge in [0.05, 0.1) is 7.11 Å². The Balaban J connectivity index is 1.93. The third-order valence-corrected chi connectivity index (χ3v) is 4.82. The lowest BCUT2D eigenvalue weighted by atomic mass is 9.85. The molecule has 25 heavy (non-hydrogen) atoms. The van der Waals surface area contributed by atoms with E-state index >= 15 is 0 Å². The second-order valence-corrected chi connectivity index (χ2v) is 6.33. The van der Waals surface area contributed by atoms with Gasteiger partial charge in [0, 0.05) is 30.1 Å². The first-order valence-corrected chi connectivity index (χ1v) is 8.51. The minimum absolute atomic E-state index is 0.193. The summed E-state index contributed by atoms with van der Waals surface area (Å²) in [5, 5.41) is 1.30. The Morgan fingerprint density at radius 3 is 2.12 bits per heavy atom. The molecular weight excluding hydrogens is 306 g/mol. The normalized spacial score (nSPS) is 12.2. The van der Waals surface area contributed by atoms with Crippen LogP contribution in [-0.2, 0) is 7.05 Å². The van der Waals surface area contributed by atoms with Crippen LogP contribution in [0.15, 0.2) is 85.1 Å². The first kappa shape index (κ1) is 15.5. The Morgan fingerprint density at radius 1 is 0.760 bits per heavy atom. The Kier molecular flexibility index (Phi) is 4.02. The molecule has 0 radical (unpaired) electrons. The Bertz CT molecular complexity index is 984. The van der Waals surface area contributed by atoms with Gasteiger partial charge in [-0.05, 0) is 34.9 Å². The predicted molar refractivity (Wildman–Crippen MR) is 103 cm³/mol. The van der Waals surface area contributed by atoms with Crippen LogP contribution in [0.2, 0.25) is 0 Å². The van der Waals surface area contributed by atoms with Gasteiger partial charge in [0.2, 0.25) is 0 Å². The molecule has 0 spiro atoms. The number of benzene rings is 3. The number of hydrogen-bond acceptors (Lipinski definition) is 1. The molecule has 0 saturated heterocycles. The zero-order valence-corrected chi connectivity index (χ0v) is 14.5. The maximum atomic E-state index is 5.33.